The van der Waals surface area contributed by atoms with Gasteiger partial charge in [-0.1, -0.05) is 51.4 Å². The maximum atomic E-state index is 14.5. The van der Waals surface area contributed by atoms with Crippen LogP contribution in [0.2, 0.25) is 10.0 Å². The van der Waals surface area contributed by atoms with E-state index in [0.29, 0.717) is 26.4 Å². The first-order chi connectivity index (χ1) is 18.8. The van der Waals surface area contributed by atoms with E-state index in [1.54, 1.807) is 4.68 Å². The second kappa shape index (κ2) is 9.28. The molecule has 0 radical (unpaired) electrons. The molecule has 0 unspecified atom stereocenters. The molecule has 1 spiro atoms. The van der Waals surface area contributed by atoms with Crippen LogP contribution in [0.1, 0.15) is 66.2 Å². The molecule has 1 saturated heterocycles. The Labute approximate surface area is 237 Å². The summed E-state index contributed by atoms with van der Waals surface area (Å²) in [7, 11) is 0. The van der Waals surface area contributed by atoms with Crippen molar-refractivity contribution in [3.63, 3.8) is 0 Å². The van der Waals surface area contributed by atoms with Gasteiger partial charge in [-0.3, -0.25) is 0 Å². The third-order valence-corrected chi connectivity index (χ3v) is 9.84. The first-order valence-corrected chi connectivity index (χ1v) is 14.6. The molecule has 3 aliphatic rings. The van der Waals surface area contributed by atoms with Gasteiger partial charge in [-0.05, 0) is 74.3 Å². The van der Waals surface area contributed by atoms with Gasteiger partial charge in [0.1, 0.15) is 11.2 Å². The number of rotatable bonds is 5. The molecule has 1 aliphatic heterocycles. The normalized spacial score (nSPS) is 18.5. The molecule has 2 aliphatic carbocycles. The fourth-order valence-corrected chi connectivity index (χ4v) is 7.54. The van der Waals surface area contributed by atoms with Gasteiger partial charge in [0.15, 0.2) is 10.9 Å². The molecule has 200 valence electrons. The standard InChI is InChI=1S/C28H24Cl2FN5O2S/c29-18-2-1-3-19(30)25(18)36-21(23(33-34-36)16-4-5-16)10-15-13-28(14-15)6-8-35(9-7-28)27-32-24-20(31)11-17(26(37)38)12-22(24)39-27/h1-3,10-12,16H,4-9,13-14H2,(H,37,38). The van der Waals surface area contributed by atoms with E-state index in [-0.39, 0.29) is 16.5 Å². The number of allylic oxidation sites excluding steroid dienone is 1. The van der Waals surface area contributed by atoms with Gasteiger partial charge in [0.2, 0.25) is 0 Å². The second-order valence-corrected chi connectivity index (χ2v) is 12.7. The highest BCUT2D eigenvalue weighted by Gasteiger charge is 2.43. The van der Waals surface area contributed by atoms with E-state index >= 15 is 0 Å². The monoisotopic (exact) mass is 583 g/mol. The molecule has 4 aromatic rings. The number of aromatic carboxylic acids is 1. The molecule has 11 heteroatoms. The van der Waals surface area contributed by atoms with Crippen LogP contribution in [0.25, 0.3) is 22.0 Å². The van der Waals surface area contributed by atoms with E-state index < -0.39 is 11.8 Å². The summed E-state index contributed by atoms with van der Waals surface area (Å²) in [4.78, 5) is 18.0. The van der Waals surface area contributed by atoms with Crippen molar-refractivity contribution in [2.24, 2.45) is 5.41 Å². The lowest BCUT2D eigenvalue weighted by Crippen LogP contribution is -2.44. The number of fused-ring (bicyclic) bond motifs is 1. The van der Waals surface area contributed by atoms with Gasteiger partial charge in [-0.25, -0.2) is 18.9 Å². The van der Waals surface area contributed by atoms with Gasteiger partial charge in [0.05, 0.1) is 31.7 Å². The van der Waals surface area contributed by atoms with Gasteiger partial charge in [-0.2, -0.15) is 0 Å². The van der Waals surface area contributed by atoms with Gasteiger partial charge in [0, 0.05) is 19.0 Å². The molecule has 0 amide bonds. The van der Waals surface area contributed by atoms with Crippen LogP contribution in [-0.4, -0.2) is 44.1 Å². The summed E-state index contributed by atoms with van der Waals surface area (Å²) >= 11 is 14.4. The molecular weight excluding hydrogens is 560 g/mol. The van der Waals surface area contributed by atoms with Crippen molar-refractivity contribution in [1.29, 1.82) is 0 Å². The Kier molecular flexibility index (Phi) is 5.95. The molecule has 1 N–H and O–H groups in total. The Morgan fingerprint density at radius 1 is 1.15 bits per heavy atom. The van der Waals surface area contributed by atoms with E-state index in [9.17, 15) is 14.3 Å². The van der Waals surface area contributed by atoms with Crippen molar-refractivity contribution in [1.82, 2.24) is 20.0 Å². The van der Waals surface area contributed by atoms with E-state index in [1.165, 1.54) is 23.0 Å². The lowest BCUT2D eigenvalue weighted by Gasteiger charge is -2.49. The summed E-state index contributed by atoms with van der Waals surface area (Å²) in [5.41, 5.74) is 4.47. The number of thiazole rings is 1. The number of nitrogens with zero attached hydrogens (tertiary/aromatic N) is 5. The van der Waals surface area contributed by atoms with Crippen LogP contribution < -0.4 is 4.90 Å². The number of piperidine rings is 1. The lowest BCUT2D eigenvalue weighted by molar-refractivity contribution is 0.0696. The molecule has 2 aromatic carbocycles. The largest absolute Gasteiger partial charge is 0.478 e. The van der Waals surface area contributed by atoms with Crippen LogP contribution in [0.3, 0.4) is 0 Å². The Bertz CT molecular complexity index is 1640. The molecule has 3 fully saturated rings. The Balaban J connectivity index is 1.09. The van der Waals surface area contributed by atoms with Crippen molar-refractivity contribution in [3.05, 3.63) is 68.7 Å². The molecule has 3 heterocycles. The number of para-hydroxylation sites is 1. The Morgan fingerprint density at radius 2 is 1.87 bits per heavy atom. The third kappa shape index (κ3) is 4.40. The van der Waals surface area contributed by atoms with E-state index in [0.717, 1.165) is 74.2 Å². The van der Waals surface area contributed by atoms with Crippen LogP contribution in [0, 0.1) is 11.2 Å². The molecule has 2 saturated carbocycles. The number of halogens is 3. The SMILES string of the molecule is O=C(O)c1cc(F)c2nc(N3CCC4(CC3)CC(=Cc3c(C5CC5)nnn3-c3c(Cl)cccc3Cl)C4)sc2c1. The fourth-order valence-electron chi connectivity index (χ4n) is 5.91. The van der Waals surface area contributed by atoms with Crippen LogP contribution >= 0.6 is 34.5 Å². The quantitative estimate of drug-likeness (QED) is 0.264. The first-order valence-electron chi connectivity index (χ1n) is 13.0. The van der Waals surface area contributed by atoms with Gasteiger partial charge in [-0.15, -0.1) is 5.10 Å². The maximum absolute atomic E-state index is 14.5. The average Bonchev–Trinajstić information content (AvgIpc) is 3.51. The molecule has 7 nitrogen and oxygen atoms in total. The van der Waals surface area contributed by atoms with Gasteiger partial charge < -0.3 is 10.0 Å². The molecule has 0 atom stereocenters. The Morgan fingerprint density at radius 3 is 2.54 bits per heavy atom. The van der Waals surface area contributed by atoms with E-state index in [2.05, 4.69) is 26.3 Å². The number of benzene rings is 2. The number of hydrogen-bond acceptors (Lipinski definition) is 6. The number of carbonyl (C=O) groups is 1. The molecular formula is C28H24Cl2FN5O2S. The third-order valence-electron chi connectivity index (χ3n) is 8.17. The summed E-state index contributed by atoms with van der Waals surface area (Å²) in [6.07, 6.45) is 8.56. The maximum Gasteiger partial charge on any atom is 0.335 e. The molecule has 39 heavy (non-hydrogen) atoms. The molecule has 2 aromatic heterocycles. The summed E-state index contributed by atoms with van der Waals surface area (Å²) < 4.78 is 16.8. The zero-order valence-electron chi connectivity index (χ0n) is 20.8. The first kappa shape index (κ1) is 25.0. The smallest absolute Gasteiger partial charge is 0.335 e. The lowest BCUT2D eigenvalue weighted by atomic mass is 9.60. The van der Waals surface area contributed by atoms with Crippen LogP contribution in [0.5, 0.6) is 0 Å². The molecule has 0 bridgehead atoms. The van der Waals surface area contributed by atoms with Gasteiger partial charge in [0.25, 0.3) is 0 Å². The van der Waals surface area contributed by atoms with Crippen LogP contribution in [-0.2, 0) is 0 Å². The number of anilines is 1. The topological polar surface area (TPSA) is 84.1 Å². The minimum Gasteiger partial charge on any atom is -0.478 e. The highest BCUT2D eigenvalue weighted by molar-refractivity contribution is 7.22. The van der Waals surface area contributed by atoms with Crippen molar-refractivity contribution in [3.8, 4) is 5.69 Å². The second-order valence-electron chi connectivity index (χ2n) is 10.9. The predicted octanol–water partition coefficient (Wildman–Crippen LogP) is 7.36. The van der Waals surface area contributed by atoms with E-state index in [4.69, 9.17) is 23.2 Å². The number of hydrogen-bond donors (Lipinski definition) is 1. The van der Waals surface area contributed by atoms with Crippen molar-refractivity contribution < 1.29 is 14.3 Å². The Hall–Kier alpha value is -3.01. The van der Waals surface area contributed by atoms with Crippen molar-refractivity contribution >= 4 is 61.9 Å². The fraction of sp³-hybridized carbons (Fsp3) is 0.357. The zero-order chi connectivity index (χ0) is 26.9. The highest BCUT2D eigenvalue weighted by atomic mass is 35.5. The zero-order valence-corrected chi connectivity index (χ0v) is 23.2. The summed E-state index contributed by atoms with van der Waals surface area (Å²) in [6, 6.07) is 7.99. The average molecular weight is 585 g/mol. The number of carboxylic acids is 1. The molecule has 7 rings (SSSR count). The van der Waals surface area contributed by atoms with Gasteiger partial charge >= 0.3 is 5.97 Å². The minimum atomic E-state index is -1.14. The van der Waals surface area contributed by atoms with Crippen molar-refractivity contribution in [2.45, 2.75) is 44.4 Å². The number of aromatic nitrogens is 4. The van der Waals surface area contributed by atoms with Crippen LogP contribution in [0.15, 0.2) is 35.9 Å². The van der Waals surface area contributed by atoms with Crippen molar-refractivity contribution in [2.75, 3.05) is 18.0 Å². The summed E-state index contributed by atoms with van der Waals surface area (Å²) in [5, 5.41) is 20.0. The summed E-state index contributed by atoms with van der Waals surface area (Å²) in [6.45, 7) is 1.67. The predicted molar refractivity (Wildman–Crippen MR) is 151 cm³/mol. The number of carboxylic acid groups (broad SMARTS) is 1. The highest BCUT2D eigenvalue weighted by Crippen LogP contribution is 2.54. The minimum absolute atomic E-state index is 0.0558. The van der Waals surface area contributed by atoms with E-state index in [1.807, 2.05) is 18.2 Å². The summed E-state index contributed by atoms with van der Waals surface area (Å²) in [5.74, 6) is -1.29. The van der Waals surface area contributed by atoms with Crippen LogP contribution in [0.4, 0.5) is 9.52 Å².